The Hall–Kier alpha value is -2.83. The van der Waals surface area contributed by atoms with Gasteiger partial charge in [-0.1, -0.05) is 30.3 Å². The van der Waals surface area contributed by atoms with Crippen molar-refractivity contribution in [3.8, 4) is 0 Å². The van der Waals surface area contributed by atoms with Crippen LogP contribution < -0.4 is 5.32 Å². The summed E-state index contributed by atoms with van der Waals surface area (Å²) in [4.78, 5) is 27.2. The van der Waals surface area contributed by atoms with Crippen molar-refractivity contribution >= 4 is 12.1 Å². The average molecular weight is 329 g/mol. The van der Waals surface area contributed by atoms with E-state index in [1.54, 1.807) is 0 Å². The zero-order valence-electron chi connectivity index (χ0n) is 13.1. The highest BCUT2D eigenvalue weighted by Crippen LogP contribution is 2.20. The molecule has 126 valence electrons. The van der Waals surface area contributed by atoms with Crippen molar-refractivity contribution in [3.63, 3.8) is 0 Å². The fraction of sp³-hybridized carbons (Fsp3) is 0.353. The van der Waals surface area contributed by atoms with Crippen molar-refractivity contribution in [2.45, 2.75) is 32.5 Å². The molecule has 1 atom stereocenters. The number of carbonyl (C=O) groups excluding carboxylic acids is 1. The summed E-state index contributed by atoms with van der Waals surface area (Å²) < 4.78 is 7.09. The highest BCUT2D eigenvalue weighted by atomic mass is 16.5. The van der Waals surface area contributed by atoms with Crippen molar-refractivity contribution in [2.75, 3.05) is 0 Å². The molecule has 2 heterocycles. The second-order valence-electron chi connectivity index (χ2n) is 5.79. The van der Waals surface area contributed by atoms with Crippen molar-refractivity contribution < 1.29 is 19.4 Å². The monoisotopic (exact) mass is 329 g/mol. The van der Waals surface area contributed by atoms with Gasteiger partial charge in [0.1, 0.15) is 12.4 Å². The number of hydrogen-bond donors (Lipinski definition) is 2. The van der Waals surface area contributed by atoms with E-state index in [0.29, 0.717) is 25.1 Å². The third-order valence-corrected chi connectivity index (χ3v) is 4.03. The minimum Gasteiger partial charge on any atom is -0.481 e. The molecule has 1 aromatic carbocycles. The second-order valence-corrected chi connectivity index (χ2v) is 5.79. The maximum Gasteiger partial charge on any atom is 0.407 e. The van der Waals surface area contributed by atoms with Crippen LogP contribution in [0.2, 0.25) is 0 Å². The number of nitrogens with zero attached hydrogens (tertiary/aromatic N) is 2. The lowest BCUT2D eigenvalue weighted by Gasteiger charge is -2.19. The molecule has 7 nitrogen and oxygen atoms in total. The van der Waals surface area contributed by atoms with Crippen LogP contribution in [-0.2, 0) is 35.6 Å². The van der Waals surface area contributed by atoms with E-state index in [9.17, 15) is 9.59 Å². The molecule has 0 saturated carbocycles. The second kappa shape index (κ2) is 7.16. The maximum atomic E-state index is 11.7. The summed E-state index contributed by atoms with van der Waals surface area (Å²) in [5.41, 5.74) is 1.62. The number of carbonyl (C=O) groups is 2. The molecule has 0 saturated heterocycles. The first kappa shape index (κ1) is 16.0. The topological polar surface area (TPSA) is 93.5 Å². The van der Waals surface area contributed by atoms with Crippen LogP contribution in [0, 0.1) is 5.92 Å². The first-order valence-electron chi connectivity index (χ1n) is 7.84. The molecule has 24 heavy (non-hydrogen) atoms. The number of alkyl carbamates (subject to hydrolysis) is 1. The van der Waals surface area contributed by atoms with E-state index in [2.05, 4.69) is 10.3 Å². The molecule has 0 spiro atoms. The Kier molecular flexibility index (Phi) is 4.79. The Labute approximate surface area is 139 Å². The Morgan fingerprint density at radius 2 is 2.12 bits per heavy atom. The van der Waals surface area contributed by atoms with Crippen molar-refractivity contribution in [3.05, 3.63) is 53.6 Å². The fourth-order valence-electron chi connectivity index (χ4n) is 2.72. The number of carboxylic acids is 1. The molecule has 0 bridgehead atoms. The number of nitrogens with one attached hydrogen (secondary N) is 1. The summed E-state index contributed by atoms with van der Waals surface area (Å²) in [6, 6.07) is 9.44. The summed E-state index contributed by atoms with van der Waals surface area (Å²) in [6.07, 6.45) is 2.37. The number of rotatable bonds is 5. The third-order valence-electron chi connectivity index (χ3n) is 4.03. The van der Waals surface area contributed by atoms with E-state index in [4.69, 9.17) is 9.84 Å². The number of imidazole rings is 1. The molecular formula is C17H19N3O4. The normalized spacial score (nSPS) is 16.2. The van der Waals surface area contributed by atoms with Gasteiger partial charge in [-0.05, 0) is 12.0 Å². The molecule has 1 amide bonds. The Bertz CT molecular complexity index is 727. The van der Waals surface area contributed by atoms with Gasteiger partial charge in [0.2, 0.25) is 0 Å². The zero-order chi connectivity index (χ0) is 16.9. The number of carboxylic acid groups (broad SMARTS) is 1. The molecule has 0 radical (unpaired) electrons. The first-order chi connectivity index (χ1) is 11.6. The molecule has 1 aliphatic heterocycles. The molecule has 0 aliphatic carbocycles. The summed E-state index contributed by atoms with van der Waals surface area (Å²) in [7, 11) is 0. The van der Waals surface area contributed by atoms with Crippen LogP contribution >= 0.6 is 0 Å². The maximum absolute atomic E-state index is 11.7. The van der Waals surface area contributed by atoms with Gasteiger partial charge in [0.05, 0.1) is 18.2 Å². The lowest BCUT2D eigenvalue weighted by molar-refractivity contribution is -0.142. The summed E-state index contributed by atoms with van der Waals surface area (Å²) in [5, 5.41) is 11.7. The van der Waals surface area contributed by atoms with Crippen molar-refractivity contribution in [2.24, 2.45) is 5.92 Å². The fourth-order valence-corrected chi connectivity index (χ4v) is 2.72. The van der Waals surface area contributed by atoms with Gasteiger partial charge >= 0.3 is 12.1 Å². The number of aryl methyl sites for hydroxylation is 1. The van der Waals surface area contributed by atoms with Crippen molar-refractivity contribution in [1.29, 1.82) is 0 Å². The van der Waals surface area contributed by atoms with Crippen LogP contribution in [0.1, 0.15) is 23.5 Å². The molecule has 2 aromatic rings. The molecule has 0 fully saturated rings. The summed E-state index contributed by atoms with van der Waals surface area (Å²) >= 11 is 0. The molecule has 3 rings (SSSR count). The van der Waals surface area contributed by atoms with E-state index in [0.717, 1.165) is 11.4 Å². The van der Waals surface area contributed by atoms with Gasteiger partial charge < -0.3 is 19.7 Å². The molecule has 1 aromatic heterocycles. The van der Waals surface area contributed by atoms with Crippen molar-refractivity contribution in [1.82, 2.24) is 14.9 Å². The largest absolute Gasteiger partial charge is 0.481 e. The predicted octanol–water partition coefficient (Wildman–Crippen LogP) is 1.96. The van der Waals surface area contributed by atoms with Gasteiger partial charge in [0, 0.05) is 19.2 Å². The minimum absolute atomic E-state index is 0.215. The summed E-state index contributed by atoms with van der Waals surface area (Å²) in [6.45, 7) is 1.11. The van der Waals surface area contributed by atoms with E-state index in [1.165, 1.54) is 0 Å². The number of ether oxygens (including phenoxy) is 1. The van der Waals surface area contributed by atoms with Crippen LogP contribution in [0.4, 0.5) is 4.79 Å². The number of hydrogen-bond acceptors (Lipinski definition) is 4. The van der Waals surface area contributed by atoms with Crippen LogP contribution in [0.5, 0.6) is 0 Å². The first-order valence-corrected chi connectivity index (χ1v) is 7.84. The number of amides is 1. The van der Waals surface area contributed by atoms with Gasteiger partial charge in [-0.2, -0.15) is 0 Å². The molecule has 7 heteroatoms. The predicted molar refractivity (Wildman–Crippen MR) is 85.1 cm³/mol. The van der Waals surface area contributed by atoms with E-state index in [-0.39, 0.29) is 19.1 Å². The Morgan fingerprint density at radius 1 is 1.33 bits per heavy atom. The van der Waals surface area contributed by atoms with Gasteiger partial charge in [0.25, 0.3) is 0 Å². The molecule has 1 aliphatic rings. The van der Waals surface area contributed by atoms with Crippen LogP contribution in [0.25, 0.3) is 0 Å². The van der Waals surface area contributed by atoms with Crippen LogP contribution in [0.15, 0.2) is 36.5 Å². The number of fused-ring (bicyclic) bond motifs is 1. The number of aromatic nitrogens is 2. The Balaban J connectivity index is 1.49. The average Bonchev–Trinajstić information content (AvgIpc) is 3.01. The highest BCUT2D eigenvalue weighted by Gasteiger charge is 2.25. The van der Waals surface area contributed by atoms with Gasteiger partial charge in [0.15, 0.2) is 0 Å². The third kappa shape index (κ3) is 3.92. The number of benzene rings is 1. The molecule has 1 unspecified atom stereocenters. The molecular weight excluding hydrogens is 310 g/mol. The quantitative estimate of drug-likeness (QED) is 0.874. The lowest BCUT2D eigenvalue weighted by atomic mass is 9.98. The summed E-state index contributed by atoms with van der Waals surface area (Å²) in [5.74, 6) is -0.409. The van der Waals surface area contributed by atoms with E-state index < -0.39 is 12.1 Å². The van der Waals surface area contributed by atoms with Crippen LogP contribution in [-0.4, -0.2) is 26.7 Å². The van der Waals surface area contributed by atoms with Gasteiger partial charge in [-0.25, -0.2) is 9.78 Å². The van der Waals surface area contributed by atoms with Gasteiger partial charge in [-0.3, -0.25) is 4.79 Å². The number of aliphatic carboxylic acids is 1. The SMILES string of the molecule is O=C(NCc1cn2c(n1)CC(C(=O)O)CC2)OCc1ccccc1. The smallest absolute Gasteiger partial charge is 0.407 e. The van der Waals surface area contributed by atoms with Gasteiger partial charge in [-0.15, -0.1) is 0 Å². The van der Waals surface area contributed by atoms with E-state index in [1.807, 2.05) is 41.1 Å². The molecule has 2 N–H and O–H groups in total. The zero-order valence-corrected chi connectivity index (χ0v) is 13.1. The minimum atomic E-state index is -0.784. The highest BCUT2D eigenvalue weighted by molar-refractivity contribution is 5.70. The standard InChI is InChI=1S/C17H19N3O4/c21-16(22)13-6-7-20-10-14(19-15(20)8-13)9-18-17(23)24-11-12-4-2-1-3-5-12/h1-5,10,13H,6-9,11H2,(H,18,23)(H,21,22). The Morgan fingerprint density at radius 3 is 2.88 bits per heavy atom. The van der Waals surface area contributed by atoms with Crippen LogP contribution in [0.3, 0.4) is 0 Å². The van der Waals surface area contributed by atoms with E-state index >= 15 is 0 Å². The lowest BCUT2D eigenvalue weighted by Crippen LogP contribution is -2.25.